The maximum atomic E-state index is 11.6. The van der Waals surface area contributed by atoms with E-state index in [1.165, 1.54) is 0 Å². The lowest BCUT2D eigenvalue weighted by Crippen LogP contribution is -2.26. The Morgan fingerprint density at radius 2 is 2.00 bits per heavy atom. The molecule has 0 aliphatic heterocycles. The SMILES string of the molecule is CCCNC(=O)CCNc1nc(NC)nc2ccccc12. The third-order valence-electron chi connectivity index (χ3n) is 3.04. The molecule has 0 saturated carbocycles. The highest BCUT2D eigenvalue weighted by Crippen LogP contribution is 2.21. The van der Waals surface area contributed by atoms with Gasteiger partial charge in [-0.2, -0.15) is 4.98 Å². The predicted molar refractivity (Wildman–Crippen MR) is 85.5 cm³/mol. The molecule has 1 aromatic carbocycles. The summed E-state index contributed by atoms with van der Waals surface area (Å²) in [6.45, 7) is 3.30. The first kappa shape index (κ1) is 15.0. The van der Waals surface area contributed by atoms with Crippen LogP contribution in [0.25, 0.3) is 10.9 Å². The fourth-order valence-electron chi connectivity index (χ4n) is 1.97. The lowest BCUT2D eigenvalue weighted by molar-refractivity contribution is -0.120. The summed E-state index contributed by atoms with van der Waals surface area (Å²) in [5.74, 6) is 1.36. The fourth-order valence-corrected chi connectivity index (χ4v) is 1.97. The molecule has 0 radical (unpaired) electrons. The van der Waals surface area contributed by atoms with Crippen LogP contribution in [0.15, 0.2) is 24.3 Å². The molecule has 0 aliphatic carbocycles. The minimum Gasteiger partial charge on any atom is -0.369 e. The fraction of sp³-hybridized carbons (Fsp3) is 0.400. The van der Waals surface area contributed by atoms with Crippen molar-refractivity contribution >= 4 is 28.6 Å². The van der Waals surface area contributed by atoms with Crippen LogP contribution in [0, 0.1) is 0 Å². The van der Waals surface area contributed by atoms with Crippen molar-refractivity contribution in [3.63, 3.8) is 0 Å². The quantitative estimate of drug-likeness (QED) is 0.726. The van der Waals surface area contributed by atoms with Gasteiger partial charge in [0.15, 0.2) is 0 Å². The Morgan fingerprint density at radius 1 is 1.19 bits per heavy atom. The predicted octanol–water partition coefficient (Wildman–Crippen LogP) is 2.00. The van der Waals surface area contributed by atoms with E-state index >= 15 is 0 Å². The van der Waals surface area contributed by atoms with Gasteiger partial charge in [0.2, 0.25) is 11.9 Å². The third kappa shape index (κ3) is 4.05. The van der Waals surface area contributed by atoms with E-state index in [0.717, 1.165) is 29.7 Å². The van der Waals surface area contributed by atoms with Crippen molar-refractivity contribution in [2.45, 2.75) is 19.8 Å². The van der Waals surface area contributed by atoms with E-state index in [4.69, 9.17) is 0 Å². The van der Waals surface area contributed by atoms with Crippen LogP contribution in [0.2, 0.25) is 0 Å². The van der Waals surface area contributed by atoms with Crippen LogP contribution >= 0.6 is 0 Å². The molecule has 0 atom stereocenters. The van der Waals surface area contributed by atoms with E-state index in [9.17, 15) is 4.79 Å². The second-order valence-corrected chi connectivity index (χ2v) is 4.69. The van der Waals surface area contributed by atoms with Gasteiger partial charge < -0.3 is 16.0 Å². The van der Waals surface area contributed by atoms with Crippen LogP contribution in [-0.2, 0) is 4.79 Å². The topological polar surface area (TPSA) is 78.9 Å². The lowest BCUT2D eigenvalue weighted by atomic mass is 10.2. The molecule has 2 rings (SSSR count). The molecule has 0 unspecified atom stereocenters. The summed E-state index contributed by atoms with van der Waals surface area (Å²) in [6, 6.07) is 7.80. The van der Waals surface area contributed by atoms with Crippen LogP contribution in [0.5, 0.6) is 0 Å². The van der Waals surface area contributed by atoms with E-state index in [1.807, 2.05) is 31.2 Å². The van der Waals surface area contributed by atoms with Crippen molar-refractivity contribution in [2.75, 3.05) is 30.8 Å². The van der Waals surface area contributed by atoms with Crippen LogP contribution in [0.1, 0.15) is 19.8 Å². The number of aromatic nitrogens is 2. The highest BCUT2D eigenvalue weighted by atomic mass is 16.1. The molecular formula is C15H21N5O. The maximum Gasteiger partial charge on any atom is 0.224 e. The highest BCUT2D eigenvalue weighted by molar-refractivity contribution is 5.90. The molecule has 0 bridgehead atoms. The summed E-state index contributed by atoms with van der Waals surface area (Å²) in [4.78, 5) is 20.4. The van der Waals surface area contributed by atoms with Crippen molar-refractivity contribution < 1.29 is 4.79 Å². The monoisotopic (exact) mass is 287 g/mol. The first-order chi connectivity index (χ1) is 10.2. The molecule has 2 aromatic rings. The molecule has 1 heterocycles. The van der Waals surface area contributed by atoms with Crippen LogP contribution in [-0.4, -0.2) is 36.0 Å². The van der Waals surface area contributed by atoms with Crippen molar-refractivity contribution in [3.8, 4) is 0 Å². The summed E-state index contributed by atoms with van der Waals surface area (Å²) in [5, 5.41) is 9.97. The minimum atomic E-state index is 0.0524. The molecule has 0 fully saturated rings. The maximum absolute atomic E-state index is 11.6. The average molecular weight is 287 g/mol. The number of amides is 1. The Labute approximate surface area is 124 Å². The van der Waals surface area contributed by atoms with Gasteiger partial charge in [0.05, 0.1) is 5.52 Å². The number of nitrogens with zero attached hydrogens (tertiary/aromatic N) is 2. The second kappa shape index (κ2) is 7.42. The first-order valence-electron chi connectivity index (χ1n) is 7.19. The average Bonchev–Trinajstić information content (AvgIpc) is 2.52. The van der Waals surface area contributed by atoms with Gasteiger partial charge in [-0.05, 0) is 18.6 Å². The minimum absolute atomic E-state index is 0.0524. The van der Waals surface area contributed by atoms with E-state index < -0.39 is 0 Å². The van der Waals surface area contributed by atoms with Gasteiger partial charge in [-0.1, -0.05) is 19.1 Å². The van der Waals surface area contributed by atoms with Gasteiger partial charge in [-0.25, -0.2) is 4.98 Å². The number of hydrogen-bond acceptors (Lipinski definition) is 5. The van der Waals surface area contributed by atoms with Gasteiger partial charge in [-0.15, -0.1) is 0 Å². The Hall–Kier alpha value is -2.37. The smallest absolute Gasteiger partial charge is 0.224 e. The van der Waals surface area contributed by atoms with Crippen LogP contribution in [0.4, 0.5) is 11.8 Å². The van der Waals surface area contributed by atoms with Crippen LogP contribution in [0.3, 0.4) is 0 Å². The number of fused-ring (bicyclic) bond motifs is 1. The lowest BCUT2D eigenvalue weighted by Gasteiger charge is -2.10. The van der Waals surface area contributed by atoms with E-state index in [2.05, 4.69) is 25.9 Å². The molecule has 21 heavy (non-hydrogen) atoms. The Morgan fingerprint density at radius 3 is 2.76 bits per heavy atom. The summed E-state index contributed by atoms with van der Waals surface area (Å²) in [5.41, 5.74) is 0.870. The molecule has 0 saturated heterocycles. The van der Waals surface area contributed by atoms with E-state index in [-0.39, 0.29) is 5.91 Å². The summed E-state index contributed by atoms with van der Waals surface area (Å²) in [7, 11) is 1.78. The molecule has 1 aromatic heterocycles. The molecule has 112 valence electrons. The molecular weight excluding hydrogens is 266 g/mol. The number of carbonyl (C=O) groups excluding carboxylic acids is 1. The Balaban J connectivity index is 2.05. The van der Waals surface area contributed by atoms with Crippen molar-refractivity contribution in [2.24, 2.45) is 0 Å². The normalized spacial score (nSPS) is 10.4. The first-order valence-corrected chi connectivity index (χ1v) is 7.19. The number of benzene rings is 1. The number of rotatable bonds is 7. The Bertz CT molecular complexity index is 614. The largest absolute Gasteiger partial charge is 0.369 e. The second-order valence-electron chi connectivity index (χ2n) is 4.69. The van der Waals surface area contributed by atoms with Crippen molar-refractivity contribution in [1.29, 1.82) is 0 Å². The summed E-state index contributed by atoms with van der Waals surface area (Å²) in [6.07, 6.45) is 1.37. The van der Waals surface area contributed by atoms with Crippen LogP contribution < -0.4 is 16.0 Å². The van der Waals surface area contributed by atoms with E-state index in [0.29, 0.717) is 18.9 Å². The zero-order chi connectivity index (χ0) is 15.1. The van der Waals surface area contributed by atoms with Gasteiger partial charge in [-0.3, -0.25) is 4.79 Å². The molecule has 0 spiro atoms. The molecule has 6 nitrogen and oxygen atoms in total. The van der Waals surface area contributed by atoms with Gasteiger partial charge in [0, 0.05) is 31.9 Å². The molecule has 3 N–H and O–H groups in total. The molecule has 0 aliphatic rings. The molecule has 6 heteroatoms. The van der Waals surface area contributed by atoms with Crippen molar-refractivity contribution in [1.82, 2.24) is 15.3 Å². The molecule has 1 amide bonds. The van der Waals surface area contributed by atoms with Crippen molar-refractivity contribution in [3.05, 3.63) is 24.3 Å². The highest BCUT2D eigenvalue weighted by Gasteiger charge is 2.07. The van der Waals surface area contributed by atoms with Gasteiger partial charge in [0.1, 0.15) is 5.82 Å². The zero-order valence-electron chi connectivity index (χ0n) is 12.4. The number of nitrogens with one attached hydrogen (secondary N) is 3. The van der Waals surface area contributed by atoms with E-state index in [1.54, 1.807) is 7.05 Å². The number of carbonyl (C=O) groups is 1. The number of anilines is 2. The number of hydrogen-bond donors (Lipinski definition) is 3. The third-order valence-corrected chi connectivity index (χ3v) is 3.04. The Kier molecular flexibility index (Phi) is 5.31. The zero-order valence-corrected chi connectivity index (χ0v) is 12.4. The summed E-state index contributed by atoms with van der Waals surface area (Å²) >= 11 is 0. The number of para-hydroxylation sites is 1. The standard InChI is InChI=1S/C15H21N5O/c1-3-9-17-13(21)8-10-18-14-11-6-4-5-7-12(11)19-15(16-2)20-14/h4-7H,3,8-10H2,1-2H3,(H,17,21)(H2,16,18,19,20). The summed E-state index contributed by atoms with van der Waals surface area (Å²) < 4.78 is 0. The van der Waals surface area contributed by atoms with Gasteiger partial charge >= 0.3 is 0 Å². The van der Waals surface area contributed by atoms with Gasteiger partial charge in [0.25, 0.3) is 0 Å².